The van der Waals surface area contributed by atoms with E-state index in [4.69, 9.17) is 9.47 Å². The lowest BCUT2D eigenvalue weighted by atomic mass is 10.1. The minimum atomic E-state index is -0.789. The van der Waals surface area contributed by atoms with Crippen molar-refractivity contribution >= 4 is 23.6 Å². The standard InChI is InChI=1S/C24H16F2N2O4/c1-31-22-13-15(6-11-21(22)32-24(30)16-7-9-18(25)10-8-16)12-17(14-27)23(29)28-20-5-3-2-4-19(20)26/h2-13H,1H3,(H,28,29)/b17-12+. The summed E-state index contributed by atoms with van der Waals surface area (Å²) in [4.78, 5) is 24.6. The van der Waals surface area contributed by atoms with E-state index in [9.17, 15) is 23.6 Å². The number of methoxy groups -OCH3 is 1. The molecule has 32 heavy (non-hydrogen) atoms. The zero-order valence-corrected chi connectivity index (χ0v) is 16.8. The van der Waals surface area contributed by atoms with Gasteiger partial charge in [0.25, 0.3) is 5.91 Å². The van der Waals surface area contributed by atoms with Crippen LogP contribution in [0.5, 0.6) is 11.5 Å². The summed E-state index contributed by atoms with van der Waals surface area (Å²) >= 11 is 0. The monoisotopic (exact) mass is 434 g/mol. The van der Waals surface area contributed by atoms with E-state index in [0.29, 0.717) is 5.56 Å². The minimum Gasteiger partial charge on any atom is -0.493 e. The van der Waals surface area contributed by atoms with Gasteiger partial charge < -0.3 is 14.8 Å². The molecule has 0 saturated heterocycles. The second-order valence-electron chi connectivity index (χ2n) is 6.41. The first kappa shape index (κ1) is 22.2. The van der Waals surface area contributed by atoms with Crippen LogP contribution in [0.4, 0.5) is 14.5 Å². The number of amides is 1. The second-order valence-corrected chi connectivity index (χ2v) is 6.41. The van der Waals surface area contributed by atoms with Crippen molar-refractivity contribution in [3.8, 4) is 17.6 Å². The highest BCUT2D eigenvalue weighted by atomic mass is 19.1. The molecule has 160 valence electrons. The molecule has 6 nitrogen and oxygen atoms in total. The van der Waals surface area contributed by atoms with Gasteiger partial charge in [0.1, 0.15) is 23.3 Å². The highest BCUT2D eigenvalue weighted by Gasteiger charge is 2.15. The molecule has 0 fully saturated rings. The summed E-state index contributed by atoms with van der Waals surface area (Å²) in [5.41, 5.74) is 0.225. The van der Waals surface area contributed by atoms with E-state index in [1.165, 1.54) is 61.7 Å². The molecule has 0 aliphatic heterocycles. The first-order valence-electron chi connectivity index (χ1n) is 9.24. The van der Waals surface area contributed by atoms with E-state index in [0.717, 1.165) is 12.1 Å². The first-order chi connectivity index (χ1) is 15.4. The predicted molar refractivity (Wildman–Crippen MR) is 113 cm³/mol. The van der Waals surface area contributed by atoms with E-state index in [1.807, 2.05) is 0 Å². The van der Waals surface area contributed by atoms with Crippen LogP contribution < -0.4 is 14.8 Å². The summed E-state index contributed by atoms with van der Waals surface area (Å²) in [7, 11) is 1.36. The number of carbonyl (C=O) groups is 2. The van der Waals surface area contributed by atoms with Gasteiger partial charge in [0, 0.05) is 0 Å². The van der Waals surface area contributed by atoms with E-state index in [2.05, 4.69) is 5.32 Å². The average molecular weight is 434 g/mol. The van der Waals surface area contributed by atoms with Crippen LogP contribution in [0.1, 0.15) is 15.9 Å². The van der Waals surface area contributed by atoms with Crippen LogP contribution in [-0.2, 0) is 4.79 Å². The summed E-state index contributed by atoms with van der Waals surface area (Å²) in [6, 6.07) is 16.6. The van der Waals surface area contributed by atoms with Crippen molar-refractivity contribution < 1.29 is 27.8 Å². The maximum absolute atomic E-state index is 13.7. The van der Waals surface area contributed by atoms with Crippen molar-refractivity contribution in [2.75, 3.05) is 12.4 Å². The molecule has 0 bridgehead atoms. The van der Waals surface area contributed by atoms with Gasteiger partial charge in [-0.2, -0.15) is 5.26 Å². The fourth-order valence-corrected chi connectivity index (χ4v) is 2.67. The highest BCUT2D eigenvalue weighted by molar-refractivity contribution is 6.09. The topological polar surface area (TPSA) is 88.4 Å². The normalized spacial score (nSPS) is 10.8. The van der Waals surface area contributed by atoms with Crippen LogP contribution in [0.25, 0.3) is 6.08 Å². The van der Waals surface area contributed by atoms with E-state index in [-0.39, 0.29) is 28.3 Å². The molecular weight excluding hydrogens is 418 g/mol. The molecule has 0 radical (unpaired) electrons. The molecule has 0 heterocycles. The quantitative estimate of drug-likeness (QED) is 0.262. The van der Waals surface area contributed by atoms with Gasteiger partial charge in [0.05, 0.1) is 18.4 Å². The molecule has 3 aromatic carbocycles. The maximum atomic E-state index is 13.7. The number of hydrogen-bond acceptors (Lipinski definition) is 5. The number of ether oxygens (including phenoxy) is 2. The number of esters is 1. The zero-order chi connectivity index (χ0) is 23.1. The SMILES string of the molecule is COc1cc(/C=C(\C#N)C(=O)Nc2ccccc2F)ccc1OC(=O)c1ccc(F)cc1. The number of nitrogens with one attached hydrogen (secondary N) is 1. The number of nitrogens with zero attached hydrogens (tertiary/aromatic N) is 1. The van der Waals surface area contributed by atoms with Gasteiger partial charge in [0.15, 0.2) is 11.5 Å². The Balaban J connectivity index is 1.80. The van der Waals surface area contributed by atoms with Crippen LogP contribution in [0, 0.1) is 23.0 Å². The van der Waals surface area contributed by atoms with Crippen molar-refractivity contribution in [2.45, 2.75) is 0 Å². The van der Waals surface area contributed by atoms with Crippen molar-refractivity contribution in [3.63, 3.8) is 0 Å². The predicted octanol–water partition coefficient (Wildman–Crippen LogP) is 4.74. The molecular formula is C24H16F2N2O4. The van der Waals surface area contributed by atoms with Gasteiger partial charge in [-0.3, -0.25) is 4.79 Å². The Morgan fingerprint density at radius 2 is 1.72 bits per heavy atom. The number of benzene rings is 3. The van der Waals surface area contributed by atoms with Crippen molar-refractivity contribution in [3.05, 3.63) is 95.1 Å². The molecule has 0 aliphatic carbocycles. The van der Waals surface area contributed by atoms with E-state index < -0.39 is 23.5 Å². The molecule has 0 atom stereocenters. The zero-order valence-electron chi connectivity index (χ0n) is 16.8. The van der Waals surface area contributed by atoms with Crippen molar-refractivity contribution in [1.82, 2.24) is 0 Å². The number of anilines is 1. The second kappa shape index (κ2) is 10.00. The maximum Gasteiger partial charge on any atom is 0.343 e. The molecule has 0 spiro atoms. The van der Waals surface area contributed by atoms with Crippen LogP contribution in [0.15, 0.2) is 72.3 Å². The Morgan fingerprint density at radius 1 is 1.00 bits per heavy atom. The van der Waals surface area contributed by atoms with Crippen molar-refractivity contribution in [1.29, 1.82) is 5.26 Å². The van der Waals surface area contributed by atoms with Crippen LogP contribution in [0.3, 0.4) is 0 Å². The van der Waals surface area contributed by atoms with Crippen LogP contribution >= 0.6 is 0 Å². The number of carbonyl (C=O) groups excluding carboxylic acids is 2. The third kappa shape index (κ3) is 5.34. The molecule has 0 aromatic heterocycles. The highest BCUT2D eigenvalue weighted by Crippen LogP contribution is 2.30. The lowest BCUT2D eigenvalue weighted by Gasteiger charge is -2.10. The Kier molecular flexibility index (Phi) is 6.93. The van der Waals surface area contributed by atoms with E-state index in [1.54, 1.807) is 12.1 Å². The number of para-hydroxylation sites is 1. The number of halogens is 2. The van der Waals surface area contributed by atoms with Gasteiger partial charge in [-0.05, 0) is 60.2 Å². The molecule has 3 rings (SSSR count). The number of rotatable bonds is 6. The van der Waals surface area contributed by atoms with Crippen molar-refractivity contribution in [2.24, 2.45) is 0 Å². The molecule has 0 aliphatic rings. The Morgan fingerprint density at radius 3 is 2.38 bits per heavy atom. The smallest absolute Gasteiger partial charge is 0.343 e. The Hall–Kier alpha value is -4.51. The van der Waals surface area contributed by atoms with Gasteiger partial charge >= 0.3 is 5.97 Å². The molecule has 0 unspecified atom stereocenters. The van der Waals surface area contributed by atoms with Crippen LogP contribution in [0.2, 0.25) is 0 Å². The summed E-state index contributed by atoms with van der Waals surface area (Å²) in [6.07, 6.45) is 1.28. The fraction of sp³-hybridized carbons (Fsp3) is 0.0417. The lowest BCUT2D eigenvalue weighted by Crippen LogP contribution is -2.14. The van der Waals surface area contributed by atoms with Crippen LogP contribution in [-0.4, -0.2) is 19.0 Å². The summed E-state index contributed by atoms with van der Waals surface area (Å²) in [5.74, 6) is -2.36. The third-order valence-corrected chi connectivity index (χ3v) is 4.27. The van der Waals surface area contributed by atoms with Gasteiger partial charge in [0.2, 0.25) is 0 Å². The van der Waals surface area contributed by atoms with Gasteiger partial charge in [-0.1, -0.05) is 18.2 Å². The Labute approximate surface area is 182 Å². The summed E-state index contributed by atoms with van der Waals surface area (Å²) in [5, 5.41) is 11.7. The van der Waals surface area contributed by atoms with Gasteiger partial charge in [-0.15, -0.1) is 0 Å². The molecule has 3 aromatic rings. The molecule has 0 saturated carbocycles. The lowest BCUT2D eigenvalue weighted by molar-refractivity contribution is -0.112. The first-order valence-corrected chi connectivity index (χ1v) is 9.24. The molecule has 1 N–H and O–H groups in total. The fourth-order valence-electron chi connectivity index (χ4n) is 2.67. The number of hydrogen-bond donors (Lipinski definition) is 1. The average Bonchev–Trinajstić information content (AvgIpc) is 2.80. The molecule has 1 amide bonds. The number of nitriles is 1. The third-order valence-electron chi connectivity index (χ3n) is 4.27. The minimum absolute atomic E-state index is 0.0562. The largest absolute Gasteiger partial charge is 0.493 e. The van der Waals surface area contributed by atoms with E-state index >= 15 is 0 Å². The summed E-state index contributed by atoms with van der Waals surface area (Å²) in [6.45, 7) is 0. The Bertz CT molecular complexity index is 1230. The van der Waals surface area contributed by atoms with Gasteiger partial charge in [-0.25, -0.2) is 13.6 Å². The summed E-state index contributed by atoms with van der Waals surface area (Å²) < 4.78 is 37.3. The molecule has 8 heteroatoms.